The van der Waals surface area contributed by atoms with Crippen LogP contribution < -0.4 is 4.90 Å². The molecule has 1 fully saturated rings. The predicted octanol–water partition coefficient (Wildman–Crippen LogP) is 3.49. The van der Waals surface area contributed by atoms with E-state index in [4.69, 9.17) is 0 Å². The van der Waals surface area contributed by atoms with Crippen molar-refractivity contribution in [3.05, 3.63) is 65.7 Å². The van der Waals surface area contributed by atoms with Crippen LogP contribution in [0.25, 0.3) is 0 Å². The van der Waals surface area contributed by atoms with E-state index in [-0.39, 0.29) is 5.91 Å². The normalized spacial score (nSPS) is 24.2. The number of fused-ring (bicyclic) bond motifs is 1. The van der Waals surface area contributed by atoms with Crippen LogP contribution in [0.15, 0.2) is 54.6 Å². The monoisotopic (exact) mass is 320 g/mol. The molecule has 3 heteroatoms. The number of carbonyl (C=O) groups excluding carboxylic acids is 1. The second-order valence-electron chi connectivity index (χ2n) is 7.12. The first kappa shape index (κ1) is 15.4. The quantitative estimate of drug-likeness (QED) is 0.864. The lowest BCUT2D eigenvalue weighted by Crippen LogP contribution is -2.51. The molecule has 1 amide bonds. The maximum Gasteiger partial charge on any atom is 0.231 e. The molecule has 0 aromatic heterocycles. The van der Waals surface area contributed by atoms with Crippen LogP contribution in [0.5, 0.6) is 0 Å². The lowest BCUT2D eigenvalue weighted by atomic mass is 9.92. The summed E-state index contributed by atoms with van der Waals surface area (Å²) in [6.45, 7) is 5.39. The Bertz CT molecular complexity index is 728. The van der Waals surface area contributed by atoms with Gasteiger partial charge in [0.1, 0.15) is 0 Å². The summed E-state index contributed by atoms with van der Waals surface area (Å²) >= 11 is 0. The van der Waals surface area contributed by atoms with Crippen LogP contribution in [-0.4, -0.2) is 29.9 Å². The first-order valence-electron chi connectivity index (χ1n) is 8.88. The summed E-state index contributed by atoms with van der Waals surface area (Å²) in [7, 11) is 0. The van der Waals surface area contributed by atoms with Crippen molar-refractivity contribution in [1.29, 1.82) is 0 Å². The molecule has 2 heterocycles. The molecule has 0 aliphatic carbocycles. The molecule has 2 aromatic rings. The summed E-state index contributed by atoms with van der Waals surface area (Å²) in [4.78, 5) is 17.2. The van der Waals surface area contributed by atoms with Crippen molar-refractivity contribution in [2.24, 2.45) is 5.92 Å². The molecule has 0 saturated carbocycles. The molecule has 0 radical (unpaired) electrons. The standard InChI is InChI=1S/C21H24N2O/c1-16-14-22(15-17-7-3-2-4-8-17)12-11-19(16)23-20-10-6-5-9-18(20)13-21(23)24/h2-10,16,19H,11-15H2,1H3/t16-,19?/m1/s1. The summed E-state index contributed by atoms with van der Waals surface area (Å²) in [6.07, 6.45) is 1.61. The van der Waals surface area contributed by atoms with Gasteiger partial charge in [0, 0.05) is 31.4 Å². The van der Waals surface area contributed by atoms with E-state index < -0.39 is 0 Å². The minimum absolute atomic E-state index is 0.268. The Kier molecular flexibility index (Phi) is 4.11. The number of hydrogen-bond acceptors (Lipinski definition) is 2. The van der Waals surface area contributed by atoms with Crippen molar-refractivity contribution in [2.75, 3.05) is 18.0 Å². The van der Waals surface area contributed by atoms with Crippen molar-refractivity contribution in [2.45, 2.75) is 32.4 Å². The fraction of sp³-hybridized carbons (Fsp3) is 0.381. The van der Waals surface area contributed by atoms with Crippen molar-refractivity contribution in [1.82, 2.24) is 4.90 Å². The van der Waals surface area contributed by atoms with Crippen LogP contribution in [0.2, 0.25) is 0 Å². The third-order valence-corrected chi connectivity index (χ3v) is 5.39. The van der Waals surface area contributed by atoms with E-state index in [1.54, 1.807) is 0 Å². The maximum atomic E-state index is 12.6. The van der Waals surface area contributed by atoms with E-state index in [0.717, 1.165) is 31.7 Å². The smallest absolute Gasteiger partial charge is 0.231 e. The van der Waals surface area contributed by atoms with Gasteiger partial charge in [-0.25, -0.2) is 0 Å². The molecule has 2 atom stereocenters. The molecule has 2 aliphatic heterocycles. The van der Waals surface area contributed by atoms with Gasteiger partial charge in [-0.05, 0) is 29.5 Å². The number of nitrogens with zero attached hydrogens (tertiary/aromatic N) is 2. The van der Waals surface area contributed by atoms with E-state index >= 15 is 0 Å². The van der Waals surface area contributed by atoms with Gasteiger partial charge in [0.25, 0.3) is 0 Å². The lowest BCUT2D eigenvalue weighted by Gasteiger charge is -2.41. The first-order chi connectivity index (χ1) is 11.7. The number of para-hydroxylation sites is 1. The minimum atomic E-state index is 0.268. The highest BCUT2D eigenvalue weighted by atomic mass is 16.2. The molecule has 4 rings (SSSR count). The van der Waals surface area contributed by atoms with Gasteiger partial charge < -0.3 is 4.90 Å². The van der Waals surface area contributed by atoms with E-state index in [2.05, 4.69) is 59.2 Å². The average Bonchev–Trinajstić information content (AvgIpc) is 2.92. The van der Waals surface area contributed by atoms with Gasteiger partial charge in [-0.2, -0.15) is 0 Å². The highest BCUT2D eigenvalue weighted by Gasteiger charge is 2.37. The highest BCUT2D eigenvalue weighted by molar-refractivity contribution is 6.01. The second-order valence-corrected chi connectivity index (χ2v) is 7.12. The SMILES string of the molecule is C[C@@H]1CN(Cc2ccccc2)CCC1N1C(=O)Cc2ccccc21. The zero-order valence-corrected chi connectivity index (χ0v) is 14.2. The van der Waals surface area contributed by atoms with Crippen LogP contribution in [-0.2, 0) is 17.8 Å². The molecule has 124 valence electrons. The van der Waals surface area contributed by atoms with Crippen molar-refractivity contribution in [3.63, 3.8) is 0 Å². The molecule has 1 unspecified atom stereocenters. The minimum Gasteiger partial charge on any atom is -0.308 e. The van der Waals surface area contributed by atoms with E-state index in [0.29, 0.717) is 18.4 Å². The third-order valence-electron chi connectivity index (χ3n) is 5.39. The summed E-state index contributed by atoms with van der Waals surface area (Å²) in [5, 5.41) is 0. The van der Waals surface area contributed by atoms with Crippen molar-refractivity contribution >= 4 is 11.6 Å². The van der Waals surface area contributed by atoms with Crippen LogP contribution in [0.1, 0.15) is 24.5 Å². The number of amides is 1. The van der Waals surface area contributed by atoms with Gasteiger partial charge >= 0.3 is 0 Å². The zero-order valence-electron chi connectivity index (χ0n) is 14.2. The highest BCUT2D eigenvalue weighted by Crippen LogP contribution is 2.35. The Morgan fingerprint density at radius 1 is 1.04 bits per heavy atom. The van der Waals surface area contributed by atoms with Crippen molar-refractivity contribution < 1.29 is 4.79 Å². The zero-order chi connectivity index (χ0) is 16.5. The first-order valence-corrected chi connectivity index (χ1v) is 8.88. The van der Waals surface area contributed by atoms with Crippen molar-refractivity contribution in [3.8, 4) is 0 Å². The van der Waals surface area contributed by atoms with Crippen LogP contribution in [0.3, 0.4) is 0 Å². The number of benzene rings is 2. The third kappa shape index (κ3) is 2.84. The number of rotatable bonds is 3. The van der Waals surface area contributed by atoms with Crippen LogP contribution >= 0.6 is 0 Å². The van der Waals surface area contributed by atoms with E-state index in [1.165, 1.54) is 11.1 Å². The molecule has 24 heavy (non-hydrogen) atoms. The predicted molar refractivity (Wildman–Crippen MR) is 96.9 cm³/mol. The fourth-order valence-electron chi connectivity index (χ4n) is 4.23. The topological polar surface area (TPSA) is 23.6 Å². The summed E-state index contributed by atoms with van der Waals surface area (Å²) in [5.41, 5.74) is 3.68. The Morgan fingerprint density at radius 3 is 2.58 bits per heavy atom. The molecule has 0 N–H and O–H groups in total. The van der Waals surface area contributed by atoms with Gasteiger partial charge in [-0.3, -0.25) is 9.69 Å². The number of hydrogen-bond donors (Lipinski definition) is 0. The van der Waals surface area contributed by atoms with Gasteiger partial charge in [0.15, 0.2) is 0 Å². The second kappa shape index (κ2) is 6.40. The lowest BCUT2D eigenvalue weighted by molar-refractivity contribution is -0.118. The Balaban J connectivity index is 1.47. The molecule has 0 bridgehead atoms. The molecule has 0 spiro atoms. The van der Waals surface area contributed by atoms with E-state index in [9.17, 15) is 4.79 Å². The largest absolute Gasteiger partial charge is 0.308 e. The molecular weight excluding hydrogens is 296 g/mol. The molecule has 2 aliphatic rings. The number of piperidine rings is 1. The summed E-state index contributed by atoms with van der Waals surface area (Å²) < 4.78 is 0. The Labute approximate surface area is 143 Å². The molecule has 3 nitrogen and oxygen atoms in total. The van der Waals surface area contributed by atoms with Gasteiger partial charge in [0.2, 0.25) is 5.91 Å². The van der Waals surface area contributed by atoms with Gasteiger partial charge in [-0.15, -0.1) is 0 Å². The average molecular weight is 320 g/mol. The number of carbonyl (C=O) groups is 1. The summed E-state index contributed by atoms with van der Waals surface area (Å²) in [6, 6.07) is 19.2. The Hall–Kier alpha value is -2.13. The maximum absolute atomic E-state index is 12.6. The molecule has 2 aromatic carbocycles. The van der Waals surface area contributed by atoms with Crippen LogP contribution in [0, 0.1) is 5.92 Å². The summed E-state index contributed by atoms with van der Waals surface area (Å²) in [5.74, 6) is 0.752. The van der Waals surface area contributed by atoms with Gasteiger partial charge in [0.05, 0.1) is 6.42 Å². The Morgan fingerprint density at radius 2 is 1.79 bits per heavy atom. The van der Waals surface area contributed by atoms with Gasteiger partial charge in [-0.1, -0.05) is 55.5 Å². The number of anilines is 1. The fourth-order valence-corrected chi connectivity index (χ4v) is 4.23. The van der Waals surface area contributed by atoms with E-state index in [1.807, 2.05) is 12.1 Å². The molecule has 1 saturated heterocycles. The number of likely N-dealkylation sites (tertiary alicyclic amines) is 1. The van der Waals surface area contributed by atoms with Crippen LogP contribution in [0.4, 0.5) is 5.69 Å². The molecular formula is C21H24N2O.